The number of carbonyl (C=O) groups excluding carboxylic acids is 2. The van der Waals surface area contributed by atoms with Gasteiger partial charge in [0.25, 0.3) is 0 Å². The summed E-state index contributed by atoms with van der Waals surface area (Å²) in [7, 11) is 0. The van der Waals surface area contributed by atoms with E-state index in [0.29, 0.717) is 32.8 Å². The topological polar surface area (TPSA) is 65.1 Å². The number of allylic oxidation sites excluding steroid dienone is 1. The molecule has 0 aromatic rings. The van der Waals surface area contributed by atoms with Gasteiger partial charge >= 0.3 is 0 Å². The summed E-state index contributed by atoms with van der Waals surface area (Å²) in [5.74, 6) is 0.314. The Bertz CT molecular complexity index is 552. The lowest BCUT2D eigenvalue weighted by molar-refractivity contribution is -0.137. The summed E-state index contributed by atoms with van der Waals surface area (Å²) in [5.41, 5.74) is 1.50. The van der Waals surface area contributed by atoms with E-state index in [1.165, 1.54) is 31.3 Å². The van der Waals surface area contributed by atoms with E-state index in [1.54, 1.807) is 0 Å². The number of nitrogens with one attached hydrogen (secondary N) is 1. The Hall–Kier alpha value is -1.44. The highest BCUT2D eigenvalue weighted by atomic mass is 16.5. The lowest BCUT2D eigenvalue weighted by Crippen LogP contribution is -2.55. The van der Waals surface area contributed by atoms with Crippen LogP contribution < -0.4 is 5.32 Å². The molecule has 1 aliphatic carbocycles. The molecule has 28 heavy (non-hydrogen) atoms. The summed E-state index contributed by atoms with van der Waals surface area (Å²) in [5, 5.41) is 3.11. The highest BCUT2D eigenvalue weighted by molar-refractivity contribution is 5.81. The summed E-state index contributed by atoms with van der Waals surface area (Å²) >= 11 is 0. The van der Waals surface area contributed by atoms with Crippen LogP contribution in [0.1, 0.15) is 39.0 Å². The molecule has 1 N–H and O–H groups in total. The molecule has 2 aliphatic heterocycles. The molecule has 0 spiro atoms. The van der Waals surface area contributed by atoms with Crippen LogP contribution in [0.15, 0.2) is 11.6 Å². The van der Waals surface area contributed by atoms with Crippen LogP contribution in [-0.2, 0) is 14.3 Å². The van der Waals surface area contributed by atoms with Crippen molar-refractivity contribution in [3.8, 4) is 0 Å². The van der Waals surface area contributed by atoms with Crippen LogP contribution in [0.2, 0.25) is 0 Å². The second kappa shape index (κ2) is 10.9. The van der Waals surface area contributed by atoms with Crippen molar-refractivity contribution >= 4 is 11.8 Å². The summed E-state index contributed by atoms with van der Waals surface area (Å²) in [4.78, 5) is 31.2. The maximum atomic E-state index is 12.5. The van der Waals surface area contributed by atoms with Gasteiger partial charge in [-0.2, -0.15) is 0 Å². The zero-order valence-corrected chi connectivity index (χ0v) is 17.3. The van der Waals surface area contributed by atoms with E-state index in [-0.39, 0.29) is 17.9 Å². The minimum absolute atomic E-state index is 0.113. The molecule has 0 saturated carbocycles. The number of hydrogen-bond acceptors (Lipinski definition) is 5. The van der Waals surface area contributed by atoms with Crippen LogP contribution in [0, 0.1) is 0 Å². The number of amides is 2. The van der Waals surface area contributed by atoms with Gasteiger partial charge in [0.1, 0.15) is 0 Å². The molecule has 7 nitrogen and oxygen atoms in total. The fourth-order valence-corrected chi connectivity index (χ4v) is 4.20. The first kappa shape index (κ1) is 21.3. The summed E-state index contributed by atoms with van der Waals surface area (Å²) < 4.78 is 5.31. The molecule has 0 bridgehead atoms. The summed E-state index contributed by atoms with van der Waals surface area (Å²) in [6.07, 6.45) is 8.30. The quantitative estimate of drug-likeness (QED) is 0.651. The first-order valence-electron chi connectivity index (χ1n) is 10.9. The van der Waals surface area contributed by atoms with Gasteiger partial charge in [-0.1, -0.05) is 11.6 Å². The smallest absolute Gasteiger partial charge is 0.237 e. The fourth-order valence-electron chi connectivity index (χ4n) is 4.20. The first-order valence-corrected chi connectivity index (χ1v) is 10.9. The highest BCUT2D eigenvalue weighted by Crippen LogP contribution is 2.19. The van der Waals surface area contributed by atoms with Gasteiger partial charge in [-0.05, 0) is 39.0 Å². The summed E-state index contributed by atoms with van der Waals surface area (Å²) in [6.45, 7) is 9.22. The number of nitrogens with zero attached hydrogens (tertiary/aromatic N) is 3. The minimum Gasteiger partial charge on any atom is -0.378 e. The Balaban J connectivity index is 1.33. The Morgan fingerprint density at radius 2 is 1.86 bits per heavy atom. The molecule has 0 radical (unpaired) electrons. The number of hydrogen-bond donors (Lipinski definition) is 1. The van der Waals surface area contributed by atoms with E-state index in [0.717, 1.165) is 39.1 Å². The second-order valence-corrected chi connectivity index (χ2v) is 8.13. The first-order chi connectivity index (χ1) is 13.6. The standard InChI is InChI=1S/C21H36N4O3/c1-18(21(27)22-8-7-19-5-3-2-4-6-19)24-11-9-23(10-12-24)17-20(26)25-13-15-28-16-14-25/h5,18H,2-4,6-17H2,1H3,(H,22,27). The maximum absolute atomic E-state index is 12.5. The molecule has 0 aromatic heterocycles. The van der Waals surface area contributed by atoms with Crippen molar-refractivity contribution in [3.05, 3.63) is 11.6 Å². The molecule has 2 amide bonds. The third kappa shape index (κ3) is 6.29. The van der Waals surface area contributed by atoms with Gasteiger partial charge in [0, 0.05) is 45.8 Å². The maximum Gasteiger partial charge on any atom is 0.237 e. The van der Waals surface area contributed by atoms with E-state index in [2.05, 4.69) is 21.2 Å². The average Bonchev–Trinajstić information content (AvgIpc) is 2.75. The van der Waals surface area contributed by atoms with Gasteiger partial charge < -0.3 is 15.0 Å². The Labute approximate surface area is 169 Å². The monoisotopic (exact) mass is 392 g/mol. The Morgan fingerprint density at radius 3 is 2.54 bits per heavy atom. The van der Waals surface area contributed by atoms with E-state index in [1.807, 2.05) is 11.8 Å². The predicted molar refractivity (Wildman–Crippen MR) is 109 cm³/mol. The van der Waals surface area contributed by atoms with Gasteiger partial charge in [-0.3, -0.25) is 19.4 Å². The molecule has 3 aliphatic rings. The molecule has 1 unspecified atom stereocenters. The molecule has 1 atom stereocenters. The molecule has 158 valence electrons. The number of rotatable bonds is 7. The van der Waals surface area contributed by atoms with Crippen molar-refractivity contribution in [2.24, 2.45) is 0 Å². The van der Waals surface area contributed by atoms with Crippen molar-refractivity contribution < 1.29 is 14.3 Å². The zero-order valence-electron chi connectivity index (χ0n) is 17.3. The van der Waals surface area contributed by atoms with Crippen molar-refractivity contribution in [1.82, 2.24) is 20.0 Å². The van der Waals surface area contributed by atoms with Gasteiger partial charge in [0.15, 0.2) is 0 Å². The fraction of sp³-hybridized carbons (Fsp3) is 0.810. The molecule has 2 fully saturated rings. The van der Waals surface area contributed by atoms with Crippen LogP contribution in [0.25, 0.3) is 0 Å². The molecule has 3 rings (SSSR count). The second-order valence-electron chi connectivity index (χ2n) is 8.13. The van der Waals surface area contributed by atoms with Crippen LogP contribution in [0.5, 0.6) is 0 Å². The number of ether oxygens (including phenoxy) is 1. The van der Waals surface area contributed by atoms with Crippen molar-refractivity contribution in [3.63, 3.8) is 0 Å². The van der Waals surface area contributed by atoms with Crippen LogP contribution in [-0.4, -0.2) is 98.1 Å². The number of piperazine rings is 1. The normalized spacial score (nSPS) is 23.2. The zero-order chi connectivity index (χ0) is 19.8. The Morgan fingerprint density at radius 1 is 1.11 bits per heavy atom. The van der Waals surface area contributed by atoms with Gasteiger partial charge in [-0.25, -0.2) is 0 Å². The molecular formula is C21H36N4O3. The van der Waals surface area contributed by atoms with Crippen molar-refractivity contribution in [2.75, 3.05) is 65.6 Å². The van der Waals surface area contributed by atoms with Crippen LogP contribution in [0.3, 0.4) is 0 Å². The molecule has 2 heterocycles. The predicted octanol–water partition coefficient (Wildman–Crippen LogP) is 0.858. The third-order valence-electron chi connectivity index (χ3n) is 6.19. The highest BCUT2D eigenvalue weighted by Gasteiger charge is 2.27. The lowest BCUT2D eigenvalue weighted by atomic mass is 9.97. The summed E-state index contributed by atoms with van der Waals surface area (Å²) in [6, 6.07) is -0.113. The number of morpholine rings is 1. The largest absolute Gasteiger partial charge is 0.378 e. The Kier molecular flexibility index (Phi) is 8.30. The minimum atomic E-state index is -0.113. The van der Waals surface area contributed by atoms with Gasteiger partial charge in [0.05, 0.1) is 25.8 Å². The molecule has 2 saturated heterocycles. The van der Waals surface area contributed by atoms with Gasteiger partial charge in [0.2, 0.25) is 11.8 Å². The van der Waals surface area contributed by atoms with Crippen LogP contribution >= 0.6 is 0 Å². The molecule has 7 heteroatoms. The van der Waals surface area contributed by atoms with Crippen molar-refractivity contribution in [2.45, 2.75) is 45.1 Å². The molecular weight excluding hydrogens is 356 g/mol. The lowest BCUT2D eigenvalue weighted by Gasteiger charge is -2.38. The third-order valence-corrected chi connectivity index (χ3v) is 6.19. The van der Waals surface area contributed by atoms with E-state index >= 15 is 0 Å². The van der Waals surface area contributed by atoms with Crippen molar-refractivity contribution in [1.29, 1.82) is 0 Å². The molecule has 0 aromatic carbocycles. The van der Waals surface area contributed by atoms with E-state index in [9.17, 15) is 9.59 Å². The number of carbonyl (C=O) groups is 2. The van der Waals surface area contributed by atoms with E-state index in [4.69, 9.17) is 4.74 Å². The van der Waals surface area contributed by atoms with Crippen LogP contribution in [0.4, 0.5) is 0 Å². The SMILES string of the molecule is CC(C(=O)NCCC1=CCCCC1)N1CCN(CC(=O)N2CCOCC2)CC1. The van der Waals surface area contributed by atoms with E-state index < -0.39 is 0 Å². The average molecular weight is 393 g/mol. The van der Waals surface area contributed by atoms with Gasteiger partial charge in [-0.15, -0.1) is 0 Å².